The van der Waals surface area contributed by atoms with Gasteiger partial charge in [-0.15, -0.1) is 24.0 Å². The zero-order valence-electron chi connectivity index (χ0n) is 15.7. The molecule has 8 heteroatoms. The quantitative estimate of drug-likeness (QED) is 0.383. The van der Waals surface area contributed by atoms with Gasteiger partial charge in [0.05, 0.1) is 13.2 Å². The van der Waals surface area contributed by atoms with Crippen LogP contribution in [0.15, 0.2) is 41.4 Å². The standard InChI is InChI=1S/C20H23N3O4.HI/c1-21-20(22-8-7-14-3-5-17-18(11-14)27-13-26-17)23-15-4-6-16-19(12-15)25-10-2-9-24-16;/h3-6,11-12H,2,7-10,13H2,1H3,(H2,21,22,23);1H. The Hall–Kier alpha value is -2.36. The van der Waals surface area contributed by atoms with E-state index < -0.39 is 0 Å². The average molecular weight is 497 g/mol. The summed E-state index contributed by atoms with van der Waals surface area (Å²) in [4.78, 5) is 4.28. The van der Waals surface area contributed by atoms with Gasteiger partial charge in [0.15, 0.2) is 29.0 Å². The number of aliphatic imine (C=N–C) groups is 1. The first-order valence-corrected chi connectivity index (χ1v) is 9.08. The molecule has 0 spiro atoms. The molecule has 0 bridgehead atoms. The Morgan fingerprint density at radius 2 is 1.64 bits per heavy atom. The van der Waals surface area contributed by atoms with Crippen LogP contribution in [0, 0.1) is 0 Å². The summed E-state index contributed by atoms with van der Waals surface area (Å²) in [5, 5.41) is 6.61. The van der Waals surface area contributed by atoms with E-state index in [-0.39, 0.29) is 24.0 Å². The average Bonchev–Trinajstić information content (AvgIpc) is 3.03. The Balaban J connectivity index is 0.00000225. The number of hydrogen-bond acceptors (Lipinski definition) is 5. The van der Waals surface area contributed by atoms with E-state index in [4.69, 9.17) is 18.9 Å². The lowest BCUT2D eigenvalue weighted by molar-refractivity contribution is 0.174. The SMILES string of the molecule is CN=C(NCCc1ccc2c(c1)OCO2)Nc1ccc2c(c1)OCCCO2.I. The van der Waals surface area contributed by atoms with Gasteiger partial charge in [0, 0.05) is 31.8 Å². The van der Waals surface area contributed by atoms with Gasteiger partial charge in [-0.05, 0) is 36.2 Å². The molecule has 4 rings (SSSR count). The molecule has 0 saturated carbocycles. The zero-order chi connectivity index (χ0) is 18.5. The van der Waals surface area contributed by atoms with Crippen molar-refractivity contribution in [2.45, 2.75) is 12.8 Å². The van der Waals surface area contributed by atoms with Crippen molar-refractivity contribution in [3.63, 3.8) is 0 Å². The minimum absolute atomic E-state index is 0. The fraction of sp³-hybridized carbons (Fsp3) is 0.350. The molecule has 2 aromatic rings. The van der Waals surface area contributed by atoms with Crippen LogP contribution in [0.4, 0.5) is 5.69 Å². The smallest absolute Gasteiger partial charge is 0.231 e. The van der Waals surface area contributed by atoms with E-state index in [1.54, 1.807) is 7.05 Å². The van der Waals surface area contributed by atoms with E-state index >= 15 is 0 Å². The fourth-order valence-corrected chi connectivity index (χ4v) is 2.98. The molecular weight excluding hydrogens is 473 g/mol. The highest BCUT2D eigenvalue weighted by atomic mass is 127. The molecule has 150 valence electrons. The molecule has 0 aromatic heterocycles. The van der Waals surface area contributed by atoms with Crippen molar-refractivity contribution in [3.05, 3.63) is 42.0 Å². The van der Waals surface area contributed by atoms with Crippen molar-refractivity contribution >= 4 is 35.6 Å². The molecule has 0 aliphatic carbocycles. The van der Waals surface area contributed by atoms with Gasteiger partial charge < -0.3 is 29.6 Å². The number of nitrogens with one attached hydrogen (secondary N) is 2. The Bertz CT molecular complexity index is 844. The van der Waals surface area contributed by atoms with Crippen LogP contribution in [-0.2, 0) is 6.42 Å². The molecule has 0 atom stereocenters. The lowest BCUT2D eigenvalue weighted by Crippen LogP contribution is -2.32. The first kappa shape index (κ1) is 20.4. The van der Waals surface area contributed by atoms with E-state index in [0.29, 0.717) is 26.0 Å². The number of halogens is 1. The van der Waals surface area contributed by atoms with Crippen LogP contribution in [0.3, 0.4) is 0 Å². The number of ether oxygens (including phenoxy) is 4. The highest BCUT2D eigenvalue weighted by Crippen LogP contribution is 2.33. The van der Waals surface area contributed by atoms with Gasteiger partial charge in [-0.1, -0.05) is 6.07 Å². The summed E-state index contributed by atoms with van der Waals surface area (Å²) >= 11 is 0. The highest BCUT2D eigenvalue weighted by Gasteiger charge is 2.13. The molecule has 0 unspecified atom stereocenters. The summed E-state index contributed by atoms with van der Waals surface area (Å²) in [6.07, 6.45) is 1.74. The maximum absolute atomic E-state index is 5.73. The molecule has 2 heterocycles. The normalized spacial score (nSPS) is 14.7. The van der Waals surface area contributed by atoms with Crippen LogP contribution >= 0.6 is 24.0 Å². The highest BCUT2D eigenvalue weighted by molar-refractivity contribution is 14.0. The molecule has 7 nitrogen and oxygen atoms in total. The monoisotopic (exact) mass is 497 g/mol. The molecule has 0 radical (unpaired) electrons. The van der Waals surface area contributed by atoms with Crippen LogP contribution in [0.5, 0.6) is 23.0 Å². The number of benzene rings is 2. The number of anilines is 1. The third-order valence-corrected chi connectivity index (χ3v) is 4.38. The largest absolute Gasteiger partial charge is 0.490 e. The summed E-state index contributed by atoms with van der Waals surface area (Å²) < 4.78 is 22.2. The van der Waals surface area contributed by atoms with E-state index in [1.165, 1.54) is 5.56 Å². The summed E-state index contributed by atoms with van der Waals surface area (Å²) in [7, 11) is 1.75. The van der Waals surface area contributed by atoms with Gasteiger partial charge in [0.2, 0.25) is 6.79 Å². The molecule has 2 aromatic carbocycles. The fourth-order valence-electron chi connectivity index (χ4n) is 2.98. The lowest BCUT2D eigenvalue weighted by atomic mass is 10.1. The van der Waals surface area contributed by atoms with Crippen molar-refractivity contribution in [1.82, 2.24) is 5.32 Å². The first-order valence-electron chi connectivity index (χ1n) is 9.08. The van der Waals surface area contributed by atoms with Crippen LogP contribution in [0.25, 0.3) is 0 Å². The summed E-state index contributed by atoms with van der Waals surface area (Å²) in [5.74, 6) is 3.85. The number of nitrogens with zero attached hydrogens (tertiary/aromatic N) is 1. The Kier molecular flexibility index (Phi) is 7.07. The summed E-state index contributed by atoms with van der Waals surface area (Å²) in [6.45, 7) is 2.38. The predicted octanol–water partition coefficient (Wildman–Crippen LogP) is 3.42. The van der Waals surface area contributed by atoms with E-state index in [2.05, 4.69) is 21.7 Å². The molecular formula is C20H24IN3O4. The zero-order valence-corrected chi connectivity index (χ0v) is 18.0. The second-order valence-electron chi connectivity index (χ2n) is 6.27. The number of rotatable bonds is 4. The van der Waals surface area contributed by atoms with Crippen LogP contribution < -0.4 is 29.6 Å². The van der Waals surface area contributed by atoms with E-state index in [9.17, 15) is 0 Å². The molecule has 2 N–H and O–H groups in total. The van der Waals surface area contributed by atoms with Crippen molar-refractivity contribution < 1.29 is 18.9 Å². The first-order chi connectivity index (χ1) is 13.3. The molecule has 28 heavy (non-hydrogen) atoms. The molecule has 2 aliphatic rings. The number of guanidine groups is 1. The maximum Gasteiger partial charge on any atom is 0.231 e. The van der Waals surface area contributed by atoms with Gasteiger partial charge in [0.25, 0.3) is 0 Å². The van der Waals surface area contributed by atoms with Crippen molar-refractivity contribution in [1.29, 1.82) is 0 Å². The van der Waals surface area contributed by atoms with E-state index in [1.807, 2.05) is 30.3 Å². The van der Waals surface area contributed by atoms with Crippen LogP contribution in [0.2, 0.25) is 0 Å². The van der Waals surface area contributed by atoms with Crippen LogP contribution in [0.1, 0.15) is 12.0 Å². The van der Waals surface area contributed by atoms with Gasteiger partial charge in [0.1, 0.15) is 0 Å². The Labute approximate surface area is 181 Å². The molecule has 0 fully saturated rings. The maximum atomic E-state index is 5.73. The topological polar surface area (TPSA) is 73.3 Å². The van der Waals surface area contributed by atoms with Crippen LogP contribution in [-0.4, -0.2) is 39.6 Å². The van der Waals surface area contributed by atoms with Gasteiger partial charge in [-0.2, -0.15) is 0 Å². The Morgan fingerprint density at radius 3 is 2.50 bits per heavy atom. The second kappa shape index (κ2) is 9.72. The van der Waals surface area contributed by atoms with Crippen molar-refractivity contribution in [2.24, 2.45) is 4.99 Å². The predicted molar refractivity (Wildman–Crippen MR) is 119 cm³/mol. The Morgan fingerprint density at radius 1 is 0.929 bits per heavy atom. The lowest BCUT2D eigenvalue weighted by Gasteiger charge is -2.14. The summed E-state index contributed by atoms with van der Waals surface area (Å²) in [6, 6.07) is 11.8. The third-order valence-electron chi connectivity index (χ3n) is 4.38. The number of hydrogen-bond donors (Lipinski definition) is 2. The van der Waals surface area contributed by atoms with Crippen molar-refractivity contribution in [3.8, 4) is 23.0 Å². The van der Waals surface area contributed by atoms with Gasteiger partial charge in [-0.25, -0.2) is 0 Å². The van der Waals surface area contributed by atoms with Crippen molar-refractivity contribution in [2.75, 3.05) is 38.9 Å². The van der Waals surface area contributed by atoms with E-state index in [0.717, 1.165) is 48.1 Å². The summed E-state index contributed by atoms with van der Waals surface area (Å²) in [5.41, 5.74) is 2.08. The van der Waals surface area contributed by atoms with Gasteiger partial charge >= 0.3 is 0 Å². The molecule has 0 saturated heterocycles. The third kappa shape index (κ3) is 4.92. The number of fused-ring (bicyclic) bond motifs is 2. The molecule has 0 amide bonds. The molecule has 2 aliphatic heterocycles. The minimum Gasteiger partial charge on any atom is -0.490 e. The van der Waals surface area contributed by atoms with Gasteiger partial charge in [-0.3, -0.25) is 4.99 Å². The second-order valence-corrected chi connectivity index (χ2v) is 6.27. The minimum atomic E-state index is 0.